The van der Waals surface area contributed by atoms with E-state index in [-0.39, 0.29) is 12.0 Å². The van der Waals surface area contributed by atoms with Crippen molar-refractivity contribution in [1.82, 2.24) is 10.2 Å². The number of unbranched alkanes of at least 4 members (excludes halogenated alkanes) is 2. The summed E-state index contributed by atoms with van der Waals surface area (Å²) >= 11 is 0. The number of esters is 1. The summed E-state index contributed by atoms with van der Waals surface area (Å²) in [5, 5.41) is 5.63. The molecule has 0 unspecified atom stereocenters. The van der Waals surface area contributed by atoms with E-state index in [4.69, 9.17) is 0 Å². The zero-order chi connectivity index (χ0) is 19.8. The molecule has 2 aromatic carbocycles. The van der Waals surface area contributed by atoms with Crippen LogP contribution in [0.3, 0.4) is 0 Å². The van der Waals surface area contributed by atoms with Crippen molar-refractivity contribution in [2.45, 2.75) is 44.4 Å². The first-order chi connectivity index (χ1) is 13.7. The van der Waals surface area contributed by atoms with Gasteiger partial charge in [-0.3, -0.25) is 4.79 Å². The van der Waals surface area contributed by atoms with Crippen LogP contribution in [0.25, 0.3) is 10.8 Å². The number of ether oxygens (including phenoxy) is 1. The molecule has 1 saturated heterocycles. The monoisotopic (exact) mass is 382 g/mol. The molecular formula is C23H30N2O3. The topological polar surface area (TPSA) is 58.6 Å². The Bertz CT molecular complexity index is 792. The molecule has 2 amide bonds. The second kappa shape index (κ2) is 10.1. The van der Waals surface area contributed by atoms with Crippen LogP contribution in [-0.2, 0) is 9.53 Å². The van der Waals surface area contributed by atoms with Gasteiger partial charge in [-0.2, -0.15) is 0 Å². The average molecular weight is 383 g/mol. The molecule has 0 atom stereocenters. The number of piperidine rings is 1. The SMILES string of the molecule is COC(=O)CCCCCNC(=O)N1CCC(c2cccc3ccccc23)CC1. The van der Waals surface area contributed by atoms with E-state index in [9.17, 15) is 9.59 Å². The van der Waals surface area contributed by atoms with Gasteiger partial charge in [0.05, 0.1) is 7.11 Å². The summed E-state index contributed by atoms with van der Waals surface area (Å²) in [6.07, 6.45) is 5.06. The summed E-state index contributed by atoms with van der Waals surface area (Å²) < 4.78 is 4.62. The van der Waals surface area contributed by atoms with Crippen LogP contribution in [0, 0.1) is 0 Å². The highest BCUT2D eigenvalue weighted by Gasteiger charge is 2.24. The van der Waals surface area contributed by atoms with Crippen molar-refractivity contribution in [3.63, 3.8) is 0 Å². The highest BCUT2D eigenvalue weighted by atomic mass is 16.5. The first-order valence-corrected chi connectivity index (χ1v) is 10.3. The number of hydrogen-bond acceptors (Lipinski definition) is 3. The van der Waals surface area contributed by atoms with Crippen LogP contribution in [0.4, 0.5) is 4.79 Å². The van der Waals surface area contributed by atoms with E-state index < -0.39 is 0 Å². The number of carbonyl (C=O) groups excluding carboxylic acids is 2. The quantitative estimate of drug-likeness (QED) is 0.568. The van der Waals surface area contributed by atoms with Crippen LogP contribution in [0.15, 0.2) is 42.5 Å². The normalized spacial score (nSPS) is 14.8. The Morgan fingerprint density at radius 3 is 2.57 bits per heavy atom. The van der Waals surface area contributed by atoms with Crippen molar-refractivity contribution in [3.8, 4) is 0 Å². The predicted octanol–water partition coefficient (Wildman–Crippen LogP) is 4.46. The number of amides is 2. The smallest absolute Gasteiger partial charge is 0.317 e. The third-order valence-corrected chi connectivity index (χ3v) is 5.61. The minimum atomic E-state index is -0.168. The second-order valence-electron chi connectivity index (χ2n) is 7.45. The summed E-state index contributed by atoms with van der Waals surface area (Å²) in [5.41, 5.74) is 1.41. The Labute approximate surface area is 167 Å². The first kappa shape index (κ1) is 20.2. The molecule has 28 heavy (non-hydrogen) atoms. The van der Waals surface area contributed by atoms with Gasteiger partial charge >= 0.3 is 12.0 Å². The van der Waals surface area contributed by atoms with Crippen LogP contribution >= 0.6 is 0 Å². The minimum Gasteiger partial charge on any atom is -0.469 e. The lowest BCUT2D eigenvalue weighted by molar-refractivity contribution is -0.140. The zero-order valence-electron chi connectivity index (χ0n) is 16.7. The molecule has 2 aromatic rings. The van der Waals surface area contributed by atoms with Gasteiger partial charge in [0.2, 0.25) is 0 Å². The zero-order valence-corrected chi connectivity index (χ0v) is 16.7. The number of fused-ring (bicyclic) bond motifs is 1. The molecule has 3 rings (SSSR count). The molecular weight excluding hydrogens is 352 g/mol. The van der Waals surface area contributed by atoms with E-state index in [1.54, 1.807) is 0 Å². The molecule has 0 saturated carbocycles. The number of likely N-dealkylation sites (tertiary alicyclic amines) is 1. The standard InChI is InChI=1S/C23H30N2O3/c1-28-22(26)12-3-2-6-15-24-23(27)25-16-13-19(14-17-25)21-11-7-9-18-8-4-5-10-20(18)21/h4-5,7-11,19H,2-3,6,12-17H2,1H3,(H,24,27). The number of hydrogen-bond donors (Lipinski definition) is 1. The molecule has 150 valence electrons. The number of nitrogens with one attached hydrogen (secondary N) is 1. The molecule has 0 bridgehead atoms. The molecule has 1 N–H and O–H groups in total. The Kier molecular flexibility index (Phi) is 7.29. The van der Waals surface area contributed by atoms with Gasteiger partial charge in [-0.1, -0.05) is 48.9 Å². The predicted molar refractivity (Wildman–Crippen MR) is 111 cm³/mol. The number of carbonyl (C=O) groups is 2. The third-order valence-electron chi connectivity index (χ3n) is 5.61. The average Bonchev–Trinajstić information content (AvgIpc) is 2.75. The number of nitrogens with zero attached hydrogens (tertiary/aromatic N) is 1. The lowest BCUT2D eigenvalue weighted by Gasteiger charge is -2.32. The van der Waals surface area contributed by atoms with Gasteiger partial charge in [0.15, 0.2) is 0 Å². The van der Waals surface area contributed by atoms with Crippen LogP contribution in [-0.4, -0.2) is 43.6 Å². The highest BCUT2D eigenvalue weighted by molar-refractivity contribution is 5.86. The fourth-order valence-electron chi connectivity index (χ4n) is 3.98. The van der Waals surface area contributed by atoms with Gasteiger partial charge in [0.25, 0.3) is 0 Å². The molecule has 0 radical (unpaired) electrons. The Balaban J connectivity index is 1.41. The molecule has 5 heteroatoms. The van der Waals surface area contributed by atoms with Gasteiger partial charge in [0, 0.05) is 26.1 Å². The summed E-state index contributed by atoms with van der Waals surface area (Å²) in [6, 6.07) is 15.1. The molecule has 1 heterocycles. The number of rotatable bonds is 7. The summed E-state index contributed by atoms with van der Waals surface area (Å²) in [4.78, 5) is 25.4. The molecule has 1 fully saturated rings. The van der Waals surface area contributed by atoms with Crippen molar-refractivity contribution in [2.75, 3.05) is 26.7 Å². The van der Waals surface area contributed by atoms with E-state index in [2.05, 4.69) is 52.5 Å². The lowest BCUT2D eigenvalue weighted by Crippen LogP contribution is -2.44. The maximum atomic E-state index is 12.4. The van der Waals surface area contributed by atoms with Crippen molar-refractivity contribution < 1.29 is 14.3 Å². The van der Waals surface area contributed by atoms with Gasteiger partial charge in [-0.05, 0) is 47.9 Å². The van der Waals surface area contributed by atoms with Crippen LogP contribution in [0.5, 0.6) is 0 Å². The van der Waals surface area contributed by atoms with E-state index in [1.807, 2.05) is 4.90 Å². The van der Waals surface area contributed by atoms with Gasteiger partial charge < -0.3 is 15.0 Å². The van der Waals surface area contributed by atoms with Crippen LogP contribution in [0.1, 0.15) is 50.0 Å². The van der Waals surface area contributed by atoms with Crippen molar-refractivity contribution in [2.24, 2.45) is 0 Å². The Hall–Kier alpha value is -2.56. The highest BCUT2D eigenvalue weighted by Crippen LogP contribution is 2.33. The van der Waals surface area contributed by atoms with Crippen LogP contribution in [0.2, 0.25) is 0 Å². The number of methoxy groups -OCH3 is 1. The second-order valence-corrected chi connectivity index (χ2v) is 7.45. The van der Waals surface area contributed by atoms with Crippen molar-refractivity contribution >= 4 is 22.8 Å². The van der Waals surface area contributed by atoms with E-state index >= 15 is 0 Å². The van der Waals surface area contributed by atoms with E-state index in [0.29, 0.717) is 18.9 Å². The first-order valence-electron chi connectivity index (χ1n) is 10.3. The molecule has 0 aliphatic carbocycles. The lowest BCUT2D eigenvalue weighted by atomic mass is 9.86. The molecule has 5 nitrogen and oxygen atoms in total. The van der Waals surface area contributed by atoms with E-state index in [0.717, 1.165) is 45.2 Å². The summed E-state index contributed by atoms with van der Waals surface area (Å²) in [7, 11) is 1.41. The third kappa shape index (κ3) is 5.24. The van der Waals surface area contributed by atoms with Gasteiger partial charge in [-0.15, -0.1) is 0 Å². The fourth-order valence-corrected chi connectivity index (χ4v) is 3.98. The largest absolute Gasteiger partial charge is 0.469 e. The van der Waals surface area contributed by atoms with E-state index in [1.165, 1.54) is 23.4 Å². The van der Waals surface area contributed by atoms with Crippen molar-refractivity contribution in [1.29, 1.82) is 0 Å². The molecule has 1 aliphatic rings. The fraction of sp³-hybridized carbons (Fsp3) is 0.478. The van der Waals surface area contributed by atoms with Gasteiger partial charge in [0.1, 0.15) is 0 Å². The maximum Gasteiger partial charge on any atom is 0.317 e. The van der Waals surface area contributed by atoms with Gasteiger partial charge in [-0.25, -0.2) is 4.79 Å². The Morgan fingerprint density at radius 1 is 1.04 bits per heavy atom. The minimum absolute atomic E-state index is 0.0318. The summed E-state index contributed by atoms with van der Waals surface area (Å²) in [6.45, 7) is 2.24. The summed E-state index contributed by atoms with van der Waals surface area (Å²) in [5.74, 6) is 0.339. The van der Waals surface area contributed by atoms with Crippen molar-refractivity contribution in [3.05, 3.63) is 48.0 Å². The Morgan fingerprint density at radius 2 is 1.79 bits per heavy atom. The maximum absolute atomic E-state index is 12.4. The number of benzene rings is 2. The number of urea groups is 1. The molecule has 0 aromatic heterocycles. The molecule has 1 aliphatic heterocycles. The molecule has 0 spiro atoms. The van der Waals surface area contributed by atoms with Crippen LogP contribution < -0.4 is 5.32 Å².